The van der Waals surface area contributed by atoms with Crippen molar-refractivity contribution >= 4 is 28.4 Å². The third-order valence-electron chi connectivity index (χ3n) is 3.27. The molecule has 0 saturated heterocycles. The zero-order valence-corrected chi connectivity index (χ0v) is 13.9. The second-order valence-electron chi connectivity index (χ2n) is 4.96. The fourth-order valence-electron chi connectivity index (χ4n) is 2.37. The van der Waals surface area contributed by atoms with Gasteiger partial charge in [0, 0.05) is 27.7 Å². The van der Waals surface area contributed by atoms with Crippen molar-refractivity contribution in [2.75, 3.05) is 5.32 Å². The van der Waals surface area contributed by atoms with Gasteiger partial charge in [-0.05, 0) is 32.9 Å². The summed E-state index contributed by atoms with van der Waals surface area (Å²) in [6, 6.07) is 8.57. The molecule has 0 radical (unpaired) electrons. The largest absolute Gasteiger partial charge is 0.377 e. The first-order chi connectivity index (χ1) is 10.1. The minimum atomic E-state index is 0.196. The van der Waals surface area contributed by atoms with Crippen LogP contribution < -0.4 is 5.32 Å². The molecule has 3 rings (SSSR count). The molecule has 0 spiro atoms. The van der Waals surface area contributed by atoms with Crippen molar-refractivity contribution in [2.24, 2.45) is 0 Å². The molecule has 0 amide bonds. The molecule has 1 unspecified atom stereocenters. The Morgan fingerprint density at radius 2 is 2.10 bits per heavy atom. The van der Waals surface area contributed by atoms with Crippen molar-refractivity contribution < 1.29 is 0 Å². The zero-order chi connectivity index (χ0) is 14.8. The van der Waals surface area contributed by atoms with Crippen molar-refractivity contribution in [3.8, 4) is 10.6 Å². The lowest BCUT2D eigenvalue weighted by atomic mass is 10.1. The maximum atomic E-state index is 4.62. The van der Waals surface area contributed by atoms with Crippen molar-refractivity contribution in [3.05, 3.63) is 51.4 Å². The Kier molecular flexibility index (Phi) is 4.03. The van der Waals surface area contributed by atoms with E-state index in [1.807, 2.05) is 11.6 Å². The van der Waals surface area contributed by atoms with Gasteiger partial charge in [0.15, 0.2) is 0 Å². The van der Waals surface area contributed by atoms with Gasteiger partial charge < -0.3 is 5.32 Å². The van der Waals surface area contributed by atoms with E-state index < -0.39 is 0 Å². The molecule has 1 atom stereocenters. The fraction of sp³-hybridized carbons (Fsp3) is 0.250. The second kappa shape index (κ2) is 5.95. The number of hydrogen-bond donors (Lipinski definition) is 1. The molecule has 0 fully saturated rings. The number of thiazole rings is 2. The number of nitrogens with zero attached hydrogens (tertiary/aromatic N) is 2. The third-order valence-corrected chi connectivity index (χ3v) is 5.00. The molecule has 1 N–H and O–H groups in total. The van der Waals surface area contributed by atoms with Crippen LogP contribution in [-0.4, -0.2) is 9.97 Å². The predicted molar refractivity (Wildman–Crippen MR) is 91.2 cm³/mol. The highest BCUT2D eigenvalue weighted by molar-refractivity contribution is 7.13. The van der Waals surface area contributed by atoms with Crippen molar-refractivity contribution in [1.29, 1.82) is 0 Å². The van der Waals surface area contributed by atoms with Gasteiger partial charge in [-0.15, -0.1) is 22.7 Å². The summed E-state index contributed by atoms with van der Waals surface area (Å²) in [5.41, 5.74) is 3.38. The number of anilines is 1. The first-order valence-electron chi connectivity index (χ1n) is 6.84. The van der Waals surface area contributed by atoms with Gasteiger partial charge in [0.25, 0.3) is 0 Å². The van der Waals surface area contributed by atoms with Crippen molar-refractivity contribution in [3.63, 3.8) is 0 Å². The van der Waals surface area contributed by atoms with Crippen LogP contribution >= 0.6 is 22.7 Å². The molecule has 5 heteroatoms. The lowest BCUT2D eigenvalue weighted by molar-refractivity contribution is 0.837. The minimum Gasteiger partial charge on any atom is -0.377 e. The lowest BCUT2D eigenvalue weighted by Crippen LogP contribution is -2.08. The Morgan fingerprint density at radius 3 is 2.76 bits per heavy atom. The van der Waals surface area contributed by atoms with Crippen molar-refractivity contribution in [1.82, 2.24) is 9.97 Å². The van der Waals surface area contributed by atoms with Crippen LogP contribution in [-0.2, 0) is 0 Å². The van der Waals surface area contributed by atoms with Crippen LogP contribution in [0.4, 0.5) is 5.69 Å². The highest BCUT2D eigenvalue weighted by Gasteiger charge is 2.13. The normalized spacial score (nSPS) is 12.3. The number of aryl methyl sites for hydroxylation is 2. The fourth-order valence-corrected chi connectivity index (χ4v) is 3.92. The number of aromatic nitrogens is 2. The molecule has 0 aliphatic carbocycles. The lowest BCUT2D eigenvalue weighted by Gasteiger charge is -2.14. The summed E-state index contributed by atoms with van der Waals surface area (Å²) in [6.07, 6.45) is 1.84. The Hall–Kier alpha value is -1.72. The maximum Gasteiger partial charge on any atom is 0.123 e. The number of nitrogens with one attached hydrogen (secondary N) is 1. The Balaban J connectivity index is 1.82. The van der Waals surface area contributed by atoms with Gasteiger partial charge in [-0.25, -0.2) is 9.97 Å². The summed E-state index contributed by atoms with van der Waals surface area (Å²) in [5.74, 6) is 0. The SMILES string of the molecule is Cc1nc(C(C)Nc2cccc(-c3nccs3)c2)c(C)s1. The Labute approximate surface area is 132 Å². The van der Waals surface area contributed by atoms with Crippen molar-refractivity contribution in [2.45, 2.75) is 26.8 Å². The van der Waals surface area contributed by atoms with Gasteiger partial charge in [-0.2, -0.15) is 0 Å². The average Bonchev–Trinajstić information content (AvgIpc) is 3.08. The minimum absolute atomic E-state index is 0.196. The molecule has 2 heterocycles. The smallest absolute Gasteiger partial charge is 0.123 e. The summed E-state index contributed by atoms with van der Waals surface area (Å²) in [4.78, 5) is 10.3. The monoisotopic (exact) mass is 315 g/mol. The highest BCUT2D eigenvalue weighted by atomic mass is 32.1. The van der Waals surface area contributed by atoms with Crippen LogP contribution in [0.5, 0.6) is 0 Å². The van der Waals surface area contributed by atoms with E-state index in [2.05, 4.69) is 60.3 Å². The van der Waals surface area contributed by atoms with Crippen LogP contribution in [0.15, 0.2) is 35.8 Å². The Morgan fingerprint density at radius 1 is 1.24 bits per heavy atom. The van der Waals surface area contributed by atoms with Crippen LogP contribution in [0.3, 0.4) is 0 Å². The molecule has 0 bridgehead atoms. The second-order valence-corrected chi connectivity index (χ2v) is 7.26. The van der Waals surface area contributed by atoms with E-state index in [1.165, 1.54) is 4.88 Å². The molecular weight excluding hydrogens is 298 g/mol. The van der Waals surface area contributed by atoms with Gasteiger partial charge >= 0.3 is 0 Å². The summed E-state index contributed by atoms with van der Waals surface area (Å²) in [6.45, 7) is 6.33. The topological polar surface area (TPSA) is 37.8 Å². The van der Waals surface area contributed by atoms with Gasteiger partial charge in [0.2, 0.25) is 0 Å². The molecule has 0 aliphatic heterocycles. The van der Waals surface area contributed by atoms with E-state index in [0.29, 0.717) is 0 Å². The average molecular weight is 315 g/mol. The summed E-state index contributed by atoms with van der Waals surface area (Å²) >= 11 is 3.41. The molecule has 108 valence electrons. The zero-order valence-electron chi connectivity index (χ0n) is 12.3. The van der Waals surface area contributed by atoms with E-state index >= 15 is 0 Å². The third kappa shape index (κ3) is 3.14. The number of rotatable bonds is 4. The predicted octanol–water partition coefficient (Wildman–Crippen LogP) is 5.06. The van der Waals surface area contributed by atoms with Crippen LogP contribution in [0.25, 0.3) is 10.6 Å². The van der Waals surface area contributed by atoms with Crippen LogP contribution in [0, 0.1) is 13.8 Å². The maximum absolute atomic E-state index is 4.62. The molecule has 1 aromatic carbocycles. The van der Waals surface area contributed by atoms with Gasteiger partial charge in [0.1, 0.15) is 5.01 Å². The van der Waals surface area contributed by atoms with Crippen LogP contribution in [0.1, 0.15) is 28.5 Å². The summed E-state index contributed by atoms with van der Waals surface area (Å²) in [7, 11) is 0. The van der Waals surface area contributed by atoms with E-state index in [1.54, 1.807) is 22.7 Å². The molecule has 0 aliphatic rings. The van der Waals surface area contributed by atoms with E-state index in [0.717, 1.165) is 27.0 Å². The quantitative estimate of drug-likeness (QED) is 0.731. The standard InChI is InChI=1S/C16H17N3S2/c1-10(15-11(2)21-12(3)19-15)18-14-6-4-5-13(9-14)16-17-7-8-20-16/h4-10,18H,1-3H3. The van der Waals surface area contributed by atoms with E-state index in [9.17, 15) is 0 Å². The molecule has 3 nitrogen and oxygen atoms in total. The van der Waals surface area contributed by atoms with Gasteiger partial charge in [0.05, 0.1) is 16.7 Å². The van der Waals surface area contributed by atoms with E-state index in [-0.39, 0.29) is 6.04 Å². The molecule has 21 heavy (non-hydrogen) atoms. The van der Waals surface area contributed by atoms with Gasteiger partial charge in [-0.1, -0.05) is 12.1 Å². The summed E-state index contributed by atoms with van der Waals surface area (Å²) < 4.78 is 0. The van der Waals surface area contributed by atoms with E-state index in [4.69, 9.17) is 0 Å². The first-order valence-corrected chi connectivity index (χ1v) is 8.53. The van der Waals surface area contributed by atoms with Crippen LogP contribution in [0.2, 0.25) is 0 Å². The summed E-state index contributed by atoms with van der Waals surface area (Å²) in [5, 5.41) is 7.70. The number of benzene rings is 1. The first kappa shape index (κ1) is 14.2. The molecular formula is C16H17N3S2. The number of hydrogen-bond acceptors (Lipinski definition) is 5. The van der Waals surface area contributed by atoms with Gasteiger partial charge in [-0.3, -0.25) is 0 Å². The molecule has 2 aromatic heterocycles. The molecule has 3 aromatic rings. The Bertz CT molecular complexity index is 732. The highest BCUT2D eigenvalue weighted by Crippen LogP contribution is 2.28. The molecule has 0 saturated carbocycles.